The Hall–Kier alpha value is -2.35. The molecule has 27 heavy (non-hydrogen) atoms. The molecule has 0 spiro atoms. The van der Waals surface area contributed by atoms with Gasteiger partial charge in [0.2, 0.25) is 5.44 Å². The molecular formula is C19H24FN3O3S. The van der Waals surface area contributed by atoms with E-state index < -0.39 is 16.8 Å². The summed E-state index contributed by atoms with van der Waals surface area (Å²) < 4.78 is 20.1. The van der Waals surface area contributed by atoms with Crippen molar-refractivity contribution in [2.24, 2.45) is 5.16 Å². The molecule has 8 heteroatoms. The molecule has 1 aromatic carbocycles. The molecule has 0 aliphatic carbocycles. The predicted octanol–water partition coefficient (Wildman–Crippen LogP) is 3.53. The summed E-state index contributed by atoms with van der Waals surface area (Å²) in [5.41, 5.74) is -0.294. The standard InChI is InChI=1S/C19H24FN3O3S/c1-6-12-7-13-8-14(9-15(20)16(13)21-10-12)26-18(27-5)17(24)23-19(2,3)11-22-25-4/h7-11,18H,6H2,1-5H3,(H,23,24). The van der Waals surface area contributed by atoms with Gasteiger partial charge in [0.25, 0.3) is 5.91 Å². The van der Waals surface area contributed by atoms with Gasteiger partial charge in [0.1, 0.15) is 18.4 Å². The highest BCUT2D eigenvalue weighted by Gasteiger charge is 2.26. The lowest BCUT2D eigenvalue weighted by Gasteiger charge is -2.24. The van der Waals surface area contributed by atoms with Crippen molar-refractivity contribution in [3.63, 3.8) is 0 Å². The van der Waals surface area contributed by atoms with E-state index in [0.29, 0.717) is 5.39 Å². The number of thioether (sulfide) groups is 1. The van der Waals surface area contributed by atoms with Crippen LogP contribution in [0.4, 0.5) is 4.39 Å². The lowest BCUT2D eigenvalue weighted by Crippen LogP contribution is -2.49. The summed E-state index contributed by atoms with van der Waals surface area (Å²) in [5, 5.41) is 7.13. The van der Waals surface area contributed by atoms with Crippen molar-refractivity contribution in [1.82, 2.24) is 10.3 Å². The first kappa shape index (κ1) is 21.0. The molecule has 1 amide bonds. The molecule has 1 N–H and O–H groups in total. The van der Waals surface area contributed by atoms with Gasteiger partial charge < -0.3 is 14.9 Å². The van der Waals surface area contributed by atoms with Crippen LogP contribution in [0.3, 0.4) is 0 Å². The molecule has 6 nitrogen and oxygen atoms in total. The second kappa shape index (κ2) is 9.03. The largest absolute Gasteiger partial charge is 0.470 e. The Morgan fingerprint density at radius 3 is 2.81 bits per heavy atom. The molecule has 1 aromatic heterocycles. The summed E-state index contributed by atoms with van der Waals surface area (Å²) in [6.45, 7) is 5.55. The number of ether oxygens (including phenoxy) is 1. The van der Waals surface area contributed by atoms with Crippen LogP contribution in [0.1, 0.15) is 26.3 Å². The number of nitrogens with zero attached hydrogens (tertiary/aromatic N) is 2. The summed E-state index contributed by atoms with van der Waals surface area (Å²) in [7, 11) is 1.43. The number of rotatable bonds is 8. The van der Waals surface area contributed by atoms with Crippen molar-refractivity contribution in [2.45, 2.75) is 38.2 Å². The summed E-state index contributed by atoms with van der Waals surface area (Å²) in [6.07, 6.45) is 5.68. The summed E-state index contributed by atoms with van der Waals surface area (Å²) in [4.78, 5) is 21.4. The summed E-state index contributed by atoms with van der Waals surface area (Å²) in [6, 6.07) is 4.81. The highest BCUT2D eigenvalue weighted by molar-refractivity contribution is 7.99. The molecule has 2 rings (SSSR count). The molecule has 0 bridgehead atoms. The van der Waals surface area contributed by atoms with E-state index in [1.165, 1.54) is 31.2 Å². The number of pyridine rings is 1. The lowest BCUT2D eigenvalue weighted by atomic mass is 10.1. The zero-order valence-corrected chi connectivity index (χ0v) is 16.9. The van der Waals surface area contributed by atoms with Crippen molar-refractivity contribution in [3.05, 3.63) is 35.8 Å². The molecule has 0 aliphatic heterocycles. The van der Waals surface area contributed by atoms with Crippen LogP contribution in [0.25, 0.3) is 10.9 Å². The first-order chi connectivity index (χ1) is 12.8. The number of nitrogens with one attached hydrogen (secondary N) is 1. The molecule has 0 saturated carbocycles. The number of hydrogen-bond donors (Lipinski definition) is 1. The lowest BCUT2D eigenvalue weighted by molar-refractivity contribution is -0.125. The Morgan fingerprint density at radius 1 is 1.44 bits per heavy atom. The number of fused-ring (bicyclic) bond motifs is 1. The van der Waals surface area contributed by atoms with Gasteiger partial charge in [0, 0.05) is 17.6 Å². The van der Waals surface area contributed by atoms with Crippen molar-refractivity contribution >= 4 is 34.8 Å². The number of benzene rings is 1. The second-order valence-corrected chi connectivity index (χ2v) is 7.39. The van der Waals surface area contributed by atoms with Gasteiger partial charge in [-0.15, -0.1) is 11.8 Å². The highest BCUT2D eigenvalue weighted by Crippen LogP contribution is 2.26. The topological polar surface area (TPSA) is 72.8 Å². The Labute approximate surface area is 162 Å². The number of aryl methyl sites for hydroxylation is 1. The van der Waals surface area contributed by atoms with Gasteiger partial charge in [0.05, 0.1) is 11.8 Å². The Kier molecular flexibility index (Phi) is 7.01. The van der Waals surface area contributed by atoms with Crippen LogP contribution < -0.4 is 10.1 Å². The number of carbonyl (C=O) groups is 1. The van der Waals surface area contributed by atoms with Crippen LogP contribution in [0.5, 0.6) is 5.75 Å². The molecule has 1 heterocycles. The Bertz CT molecular complexity index is 842. The fraction of sp³-hybridized carbons (Fsp3) is 0.421. The number of halogens is 1. The van der Waals surface area contributed by atoms with Crippen LogP contribution in [0.15, 0.2) is 29.6 Å². The van der Waals surface area contributed by atoms with Crippen molar-refractivity contribution in [3.8, 4) is 5.75 Å². The first-order valence-corrected chi connectivity index (χ1v) is 9.75. The maximum atomic E-state index is 14.4. The molecule has 1 atom stereocenters. The second-order valence-electron chi connectivity index (χ2n) is 6.49. The number of carbonyl (C=O) groups excluding carboxylic acids is 1. The van der Waals surface area contributed by atoms with Crippen molar-refractivity contribution < 1.29 is 18.8 Å². The SMILES string of the molecule is CCc1cnc2c(F)cc(OC(SC)C(=O)NC(C)(C)C=NOC)cc2c1. The predicted molar refractivity (Wildman–Crippen MR) is 107 cm³/mol. The minimum Gasteiger partial charge on any atom is -0.470 e. The van der Waals surface area contributed by atoms with Crippen molar-refractivity contribution in [2.75, 3.05) is 13.4 Å². The third-order valence-corrected chi connectivity index (χ3v) is 4.51. The van der Waals surface area contributed by atoms with E-state index in [1.807, 2.05) is 13.0 Å². The molecule has 1 unspecified atom stereocenters. The number of aromatic nitrogens is 1. The van der Waals surface area contributed by atoms with E-state index in [-0.39, 0.29) is 17.2 Å². The van der Waals surface area contributed by atoms with Crippen LogP contribution in [-0.4, -0.2) is 41.4 Å². The zero-order chi connectivity index (χ0) is 20.0. The summed E-state index contributed by atoms with van der Waals surface area (Å²) in [5.74, 6) is -0.568. The van der Waals surface area contributed by atoms with Gasteiger partial charge in [-0.25, -0.2) is 4.39 Å². The minimum absolute atomic E-state index is 0.271. The van der Waals surface area contributed by atoms with E-state index in [9.17, 15) is 9.18 Å². The molecule has 2 aromatic rings. The van der Waals surface area contributed by atoms with E-state index in [2.05, 4.69) is 20.3 Å². The fourth-order valence-corrected chi connectivity index (χ4v) is 2.89. The smallest absolute Gasteiger partial charge is 0.272 e. The number of amides is 1. The monoisotopic (exact) mass is 393 g/mol. The maximum absolute atomic E-state index is 14.4. The summed E-state index contributed by atoms with van der Waals surface area (Å²) >= 11 is 1.21. The van der Waals surface area contributed by atoms with Crippen LogP contribution in [-0.2, 0) is 16.1 Å². The van der Waals surface area contributed by atoms with Gasteiger partial charge in [-0.1, -0.05) is 12.1 Å². The average Bonchev–Trinajstić information content (AvgIpc) is 2.63. The van der Waals surface area contributed by atoms with Gasteiger partial charge in [0.15, 0.2) is 5.82 Å². The highest BCUT2D eigenvalue weighted by atomic mass is 32.2. The molecule has 0 aliphatic rings. The van der Waals surface area contributed by atoms with E-state index in [0.717, 1.165) is 12.0 Å². The maximum Gasteiger partial charge on any atom is 0.272 e. The molecule has 0 fully saturated rings. The fourth-order valence-electron chi connectivity index (χ4n) is 2.41. The van der Waals surface area contributed by atoms with Gasteiger partial charge in [-0.3, -0.25) is 9.78 Å². The first-order valence-electron chi connectivity index (χ1n) is 8.47. The van der Waals surface area contributed by atoms with Crippen LogP contribution >= 0.6 is 11.8 Å². The quantitative estimate of drug-likeness (QED) is 0.422. The molecule has 0 radical (unpaired) electrons. The number of hydrogen-bond acceptors (Lipinski definition) is 6. The van der Waals surface area contributed by atoms with Gasteiger partial charge >= 0.3 is 0 Å². The van der Waals surface area contributed by atoms with Crippen LogP contribution in [0.2, 0.25) is 0 Å². The average molecular weight is 393 g/mol. The van der Waals surface area contributed by atoms with Crippen LogP contribution in [0, 0.1) is 5.82 Å². The van der Waals surface area contributed by atoms with E-state index >= 15 is 0 Å². The third kappa shape index (κ3) is 5.56. The van der Waals surface area contributed by atoms with Gasteiger partial charge in [-0.2, -0.15) is 0 Å². The van der Waals surface area contributed by atoms with Crippen molar-refractivity contribution in [1.29, 1.82) is 0 Å². The van der Waals surface area contributed by atoms with E-state index in [1.54, 1.807) is 32.4 Å². The normalized spacial score (nSPS) is 13.0. The Balaban J connectivity index is 2.22. The molecular weight excluding hydrogens is 369 g/mol. The van der Waals surface area contributed by atoms with Gasteiger partial charge in [-0.05, 0) is 44.2 Å². The Morgan fingerprint density at radius 2 is 2.19 bits per heavy atom. The number of oxime groups is 1. The van der Waals surface area contributed by atoms with E-state index in [4.69, 9.17) is 4.74 Å². The molecule has 0 saturated heterocycles. The zero-order valence-electron chi connectivity index (χ0n) is 16.1. The minimum atomic E-state index is -0.848. The molecule has 146 valence electrons. The third-order valence-electron chi connectivity index (χ3n) is 3.77.